The Bertz CT molecular complexity index is 627. The van der Waals surface area contributed by atoms with Crippen molar-refractivity contribution in [3.05, 3.63) is 41.0 Å². The molecule has 19 heavy (non-hydrogen) atoms. The number of nitriles is 1. The molecule has 0 atom stereocenters. The molecule has 96 valence electrons. The van der Waals surface area contributed by atoms with Gasteiger partial charge in [-0.25, -0.2) is 0 Å². The molecule has 0 spiro atoms. The van der Waals surface area contributed by atoms with E-state index in [1.165, 1.54) is 28.5 Å². The van der Waals surface area contributed by atoms with Crippen molar-refractivity contribution in [2.24, 2.45) is 0 Å². The highest BCUT2D eigenvalue weighted by Gasteiger charge is 2.07. The summed E-state index contributed by atoms with van der Waals surface area (Å²) in [7, 11) is 0. The maximum absolute atomic E-state index is 8.53. The molecule has 0 N–H and O–H groups in total. The maximum Gasteiger partial charge on any atom is 0.120 e. The standard InChI is InChI=1S/C15H15N3S/c1-10-8-12(3)13(9-11(10)2)14-4-5-15(18-17-14)19-7-6-16/h4-5,8-9H,7H2,1-3H3. The molecule has 1 heterocycles. The zero-order chi connectivity index (χ0) is 13.8. The van der Waals surface area contributed by atoms with E-state index in [-0.39, 0.29) is 0 Å². The predicted molar refractivity (Wildman–Crippen MR) is 78.0 cm³/mol. The lowest BCUT2D eigenvalue weighted by molar-refractivity contribution is 0.935. The summed E-state index contributed by atoms with van der Waals surface area (Å²) in [6.07, 6.45) is 0. The molecule has 1 aromatic heterocycles. The highest BCUT2D eigenvalue weighted by molar-refractivity contribution is 7.99. The fourth-order valence-electron chi connectivity index (χ4n) is 1.88. The number of aryl methyl sites for hydroxylation is 3. The van der Waals surface area contributed by atoms with Crippen LogP contribution in [0.15, 0.2) is 29.3 Å². The molecule has 0 saturated heterocycles. The van der Waals surface area contributed by atoms with E-state index in [1.54, 1.807) is 0 Å². The summed E-state index contributed by atoms with van der Waals surface area (Å²) in [6.45, 7) is 6.30. The largest absolute Gasteiger partial charge is 0.197 e. The Morgan fingerprint density at radius 2 is 1.79 bits per heavy atom. The second-order valence-electron chi connectivity index (χ2n) is 4.45. The van der Waals surface area contributed by atoms with Crippen LogP contribution in [0.4, 0.5) is 0 Å². The van der Waals surface area contributed by atoms with Gasteiger partial charge in [-0.15, -0.1) is 10.2 Å². The van der Waals surface area contributed by atoms with Crippen molar-refractivity contribution in [2.45, 2.75) is 25.8 Å². The molecule has 2 rings (SSSR count). The van der Waals surface area contributed by atoms with Crippen LogP contribution in [0.3, 0.4) is 0 Å². The van der Waals surface area contributed by atoms with Gasteiger partial charge in [0.05, 0.1) is 17.5 Å². The molecule has 0 aliphatic rings. The Hall–Kier alpha value is -1.86. The summed E-state index contributed by atoms with van der Waals surface area (Å²) >= 11 is 1.40. The molecule has 0 saturated carbocycles. The van der Waals surface area contributed by atoms with Gasteiger partial charge < -0.3 is 0 Å². The first-order valence-corrected chi connectivity index (χ1v) is 7.02. The molecule has 0 radical (unpaired) electrons. The van der Waals surface area contributed by atoms with Gasteiger partial charge in [-0.3, -0.25) is 0 Å². The number of benzene rings is 1. The monoisotopic (exact) mass is 269 g/mol. The van der Waals surface area contributed by atoms with Crippen molar-refractivity contribution in [3.63, 3.8) is 0 Å². The van der Waals surface area contributed by atoms with Crippen LogP contribution in [0.1, 0.15) is 16.7 Å². The van der Waals surface area contributed by atoms with Gasteiger partial charge in [0.1, 0.15) is 5.03 Å². The van der Waals surface area contributed by atoms with Crippen molar-refractivity contribution in [2.75, 3.05) is 5.75 Å². The minimum Gasteiger partial charge on any atom is -0.197 e. The molecule has 0 fully saturated rings. The molecular weight excluding hydrogens is 254 g/mol. The van der Waals surface area contributed by atoms with Gasteiger partial charge in [-0.2, -0.15) is 5.26 Å². The summed E-state index contributed by atoms with van der Waals surface area (Å²) in [6, 6.07) is 10.3. The lowest BCUT2D eigenvalue weighted by Gasteiger charge is -2.09. The van der Waals surface area contributed by atoms with Gasteiger partial charge in [0, 0.05) is 5.56 Å². The Morgan fingerprint density at radius 3 is 2.42 bits per heavy atom. The van der Waals surface area contributed by atoms with E-state index in [0.717, 1.165) is 16.3 Å². The lowest BCUT2D eigenvalue weighted by atomic mass is 9.99. The molecule has 0 bridgehead atoms. The maximum atomic E-state index is 8.53. The minimum atomic E-state index is 0.399. The Kier molecular flexibility index (Phi) is 4.18. The first-order valence-electron chi connectivity index (χ1n) is 6.03. The van der Waals surface area contributed by atoms with E-state index < -0.39 is 0 Å². The average Bonchev–Trinajstić information content (AvgIpc) is 2.41. The van der Waals surface area contributed by atoms with Gasteiger partial charge in [0.25, 0.3) is 0 Å². The molecule has 0 aliphatic carbocycles. The average molecular weight is 269 g/mol. The Labute approximate surface area is 117 Å². The third-order valence-corrected chi connectivity index (χ3v) is 3.83. The van der Waals surface area contributed by atoms with Crippen LogP contribution in [0, 0.1) is 32.1 Å². The Balaban J connectivity index is 2.32. The third-order valence-electron chi connectivity index (χ3n) is 3.04. The normalized spacial score (nSPS) is 10.2. The number of rotatable bonds is 3. The van der Waals surface area contributed by atoms with Crippen molar-refractivity contribution in [3.8, 4) is 17.3 Å². The SMILES string of the molecule is Cc1cc(C)c(-c2ccc(SCC#N)nn2)cc1C. The molecule has 4 heteroatoms. The lowest BCUT2D eigenvalue weighted by Crippen LogP contribution is -1.94. The first kappa shape index (κ1) is 13.6. The number of nitrogens with zero attached hydrogens (tertiary/aromatic N) is 3. The summed E-state index contributed by atoms with van der Waals surface area (Å²) in [5, 5.41) is 17.7. The number of hydrogen-bond acceptors (Lipinski definition) is 4. The van der Waals surface area contributed by atoms with Crippen LogP contribution < -0.4 is 0 Å². The van der Waals surface area contributed by atoms with E-state index in [4.69, 9.17) is 5.26 Å². The molecule has 0 aliphatic heterocycles. The number of aromatic nitrogens is 2. The van der Waals surface area contributed by atoms with Gasteiger partial charge in [-0.1, -0.05) is 17.8 Å². The molecule has 0 amide bonds. The smallest absolute Gasteiger partial charge is 0.120 e. The number of thioether (sulfide) groups is 1. The van der Waals surface area contributed by atoms with Crippen molar-refractivity contribution in [1.29, 1.82) is 5.26 Å². The summed E-state index contributed by atoms with van der Waals surface area (Å²) < 4.78 is 0. The van der Waals surface area contributed by atoms with Gasteiger partial charge >= 0.3 is 0 Å². The zero-order valence-corrected chi connectivity index (χ0v) is 12.1. The van der Waals surface area contributed by atoms with E-state index in [1.807, 2.05) is 12.1 Å². The summed E-state index contributed by atoms with van der Waals surface area (Å²) in [5.41, 5.74) is 5.74. The van der Waals surface area contributed by atoms with Crippen LogP contribution in [-0.2, 0) is 0 Å². The van der Waals surface area contributed by atoms with Gasteiger partial charge in [0.15, 0.2) is 0 Å². The second-order valence-corrected chi connectivity index (χ2v) is 5.45. The van der Waals surface area contributed by atoms with Crippen LogP contribution in [0.2, 0.25) is 0 Å². The molecule has 1 aromatic carbocycles. The van der Waals surface area contributed by atoms with Crippen molar-refractivity contribution < 1.29 is 0 Å². The van der Waals surface area contributed by atoms with Crippen LogP contribution in [-0.4, -0.2) is 16.0 Å². The number of hydrogen-bond donors (Lipinski definition) is 0. The van der Waals surface area contributed by atoms with Gasteiger partial charge in [-0.05, 0) is 55.7 Å². The molecule has 0 unspecified atom stereocenters. The minimum absolute atomic E-state index is 0.399. The molecule has 3 nitrogen and oxygen atoms in total. The third kappa shape index (κ3) is 3.12. The summed E-state index contributed by atoms with van der Waals surface area (Å²) in [4.78, 5) is 0. The quantitative estimate of drug-likeness (QED) is 0.797. The van der Waals surface area contributed by atoms with Crippen LogP contribution in [0.5, 0.6) is 0 Å². The predicted octanol–water partition coefficient (Wildman–Crippen LogP) is 3.68. The Morgan fingerprint density at radius 1 is 1.05 bits per heavy atom. The highest BCUT2D eigenvalue weighted by Crippen LogP contribution is 2.25. The fraction of sp³-hybridized carbons (Fsp3) is 0.267. The first-order chi connectivity index (χ1) is 9.11. The van der Waals surface area contributed by atoms with Gasteiger partial charge in [0.2, 0.25) is 0 Å². The van der Waals surface area contributed by atoms with Crippen molar-refractivity contribution in [1.82, 2.24) is 10.2 Å². The fourth-order valence-corrected chi connectivity index (χ4v) is 2.36. The van der Waals surface area contributed by atoms with E-state index >= 15 is 0 Å². The second kappa shape index (κ2) is 5.85. The van der Waals surface area contributed by atoms with Crippen LogP contribution >= 0.6 is 11.8 Å². The summed E-state index contributed by atoms with van der Waals surface area (Å²) in [5.74, 6) is 0.399. The van der Waals surface area contributed by atoms with Crippen molar-refractivity contribution >= 4 is 11.8 Å². The van der Waals surface area contributed by atoms with E-state index in [0.29, 0.717) is 5.75 Å². The van der Waals surface area contributed by atoms with E-state index in [9.17, 15) is 0 Å². The topological polar surface area (TPSA) is 49.6 Å². The van der Waals surface area contributed by atoms with Crippen LogP contribution in [0.25, 0.3) is 11.3 Å². The highest BCUT2D eigenvalue weighted by atomic mass is 32.2. The molecular formula is C15H15N3S. The molecule has 2 aromatic rings. The zero-order valence-electron chi connectivity index (χ0n) is 11.3. The van der Waals surface area contributed by atoms with E-state index in [2.05, 4.69) is 49.2 Å².